The van der Waals surface area contributed by atoms with Crippen LogP contribution in [0.4, 0.5) is 28.4 Å². The smallest absolute Gasteiger partial charge is 1.00 e. The fourth-order valence-corrected chi connectivity index (χ4v) is 6.51. The Balaban J connectivity index is 0.000000401. The summed E-state index contributed by atoms with van der Waals surface area (Å²) in [5.41, 5.74) is 8.26. The standard InChI is InChI=1S/C16H19N3S.C16H18N3S.CH4O.B.Na.H/c2*1-18(2)11-5-7-13-15(9-11)20-16-10-12(19(3)4)6-8-14(16)17-13;1-2;;;/h5-10,17H,1-4H3;5-10H,1-4H3;2H,1H3;;;/q;+1;;;+1;-1/p+1. The number of hydrogen-bond donors (Lipinski definition) is 3. The number of aliphatic hydroxyl groups is 1. The Kier molecular flexibility index (Phi) is 14.2. The van der Waals surface area contributed by atoms with E-state index in [0.29, 0.717) is 0 Å². The molecule has 0 saturated carbocycles. The summed E-state index contributed by atoms with van der Waals surface area (Å²) in [6.45, 7) is 0. The molecule has 0 amide bonds. The van der Waals surface area contributed by atoms with E-state index in [0.717, 1.165) is 18.3 Å². The van der Waals surface area contributed by atoms with Gasteiger partial charge in [0.15, 0.2) is 0 Å². The normalized spacial score (nSPS) is 10.9. The molecule has 0 bridgehead atoms. The maximum absolute atomic E-state index is 7.00. The summed E-state index contributed by atoms with van der Waals surface area (Å²) < 4.78 is 3.34. The van der Waals surface area contributed by atoms with Crippen LogP contribution < -0.4 is 59.5 Å². The van der Waals surface area contributed by atoms with Crippen LogP contribution in [0.3, 0.4) is 0 Å². The van der Waals surface area contributed by atoms with E-state index < -0.39 is 0 Å². The zero-order chi connectivity index (χ0) is 30.6. The van der Waals surface area contributed by atoms with E-state index in [9.17, 15) is 0 Å². The van der Waals surface area contributed by atoms with Gasteiger partial charge in [-0.3, -0.25) is 0 Å². The van der Waals surface area contributed by atoms with Gasteiger partial charge in [-0.2, -0.15) is 0 Å². The fourth-order valence-electron chi connectivity index (χ4n) is 4.42. The molecular weight excluding hydrogens is 594 g/mol. The molecule has 1 aliphatic carbocycles. The SMILES string of the molecule is CN(C)c1ccc2c(c1)Sc1cc([NH+](C)C)ccc1N2.CN(C)c1ccc2nc3ccc(=[N+](C)C)cc-3sc2c1.CO.[B].[H-].[Na+]. The van der Waals surface area contributed by atoms with Crippen molar-refractivity contribution in [2.45, 2.75) is 9.79 Å². The Bertz CT molecular complexity index is 1690. The third kappa shape index (κ3) is 8.78. The Morgan fingerprint density at radius 1 is 0.795 bits per heavy atom. The molecule has 3 aromatic carbocycles. The van der Waals surface area contributed by atoms with E-state index in [1.54, 1.807) is 11.3 Å². The molecule has 6 rings (SSSR count). The molecule has 2 aliphatic heterocycles. The van der Waals surface area contributed by atoms with Gasteiger partial charge in [0.2, 0.25) is 5.36 Å². The molecule has 3 radical (unpaired) electrons. The summed E-state index contributed by atoms with van der Waals surface area (Å²) >= 11 is 3.64. The van der Waals surface area contributed by atoms with E-state index in [2.05, 4.69) is 149 Å². The van der Waals surface area contributed by atoms with E-state index in [4.69, 9.17) is 10.1 Å². The van der Waals surface area contributed by atoms with Gasteiger partial charge < -0.3 is 26.5 Å². The minimum atomic E-state index is 0. The monoisotopic (exact) mass is 637 g/mol. The van der Waals surface area contributed by atoms with Crippen molar-refractivity contribution < 1.29 is 41.0 Å². The zero-order valence-electron chi connectivity index (χ0n) is 28.6. The van der Waals surface area contributed by atoms with Gasteiger partial charge in [0.1, 0.15) is 19.8 Å². The summed E-state index contributed by atoms with van der Waals surface area (Å²) in [4.78, 5) is 14.2. The van der Waals surface area contributed by atoms with Crippen molar-refractivity contribution in [1.29, 1.82) is 0 Å². The first kappa shape index (κ1) is 37.6. The molecule has 3 aromatic rings. The number of aromatic nitrogens is 1. The van der Waals surface area contributed by atoms with Gasteiger partial charge in [0.05, 0.1) is 46.3 Å². The molecule has 44 heavy (non-hydrogen) atoms. The van der Waals surface area contributed by atoms with Crippen LogP contribution in [0, 0.1) is 0 Å². The second-order valence-corrected chi connectivity index (χ2v) is 13.0. The Hall–Kier alpha value is -2.57. The quantitative estimate of drug-likeness (QED) is 0.156. The van der Waals surface area contributed by atoms with Gasteiger partial charge in [-0.1, -0.05) is 11.8 Å². The van der Waals surface area contributed by atoms with Gasteiger partial charge in [0, 0.05) is 89.1 Å². The molecule has 0 aromatic heterocycles. The first-order valence-corrected chi connectivity index (χ1v) is 15.4. The Labute approximate surface area is 295 Å². The molecule has 225 valence electrons. The van der Waals surface area contributed by atoms with Crippen LogP contribution in [0.2, 0.25) is 0 Å². The number of nitrogens with zero attached hydrogens (tertiary/aromatic N) is 4. The van der Waals surface area contributed by atoms with E-state index in [-0.39, 0.29) is 39.4 Å². The first-order valence-electron chi connectivity index (χ1n) is 13.8. The molecule has 2 heterocycles. The number of nitrogens with one attached hydrogen (secondary N) is 2. The summed E-state index contributed by atoms with van der Waals surface area (Å²) in [5.74, 6) is 0. The van der Waals surface area contributed by atoms with Crippen LogP contribution >= 0.6 is 23.1 Å². The maximum atomic E-state index is 7.00. The number of hydrogen-bond acceptors (Lipinski definition) is 7. The summed E-state index contributed by atoms with van der Waals surface area (Å²) in [5, 5.41) is 11.7. The van der Waals surface area contributed by atoms with Crippen LogP contribution in [0.15, 0.2) is 82.6 Å². The predicted molar refractivity (Wildman–Crippen MR) is 190 cm³/mol. The van der Waals surface area contributed by atoms with Gasteiger partial charge in [-0.05, 0) is 48.5 Å². The number of benzene rings is 4. The molecular formula is C33H43BN6NaOS2+2. The molecule has 11 heteroatoms. The third-order valence-corrected chi connectivity index (χ3v) is 9.12. The van der Waals surface area contributed by atoms with Gasteiger partial charge >= 0.3 is 29.6 Å². The largest absolute Gasteiger partial charge is 1.00 e. The van der Waals surface area contributed by atoms with Gasteiger partial charge in [-0.15, -0.1) is 11.3 Å². The zero-order valence-corrected chi connectivity index (χ0v) is 31.2. The van der Waals surface area contributed by atoms with Gasteiger partial charge in [-0.25, -0.2) is 9.56 Å². The van der Waals surface area contributed by atoms with E-state index >= 15 is 0 Å². The molecule has 3 aliphatic rings. The maximum Gasteiger partial charge on any atom is 1.00 e. The van der Waals surface area contributed by atoms with Crippen molar-refractivity contribution in [3.63, 3.8) is 0 Å². The third-order valence-electron chi connectivity index (χ3n) is 6.91. The number of aliphatic hydroxyl groups excluding tert-OH is 1. The number of anilines is 4. The first-order chi connectivity index (χ1) is 20.1. The summed E-state index contributed by atoms with van der Waals surface area (Å²) in [6, 6.07) is 26.0. The molecule has 0 fully saturated rings. The predicted octanol–water partition coefficient (Wildman–Crippen LogP) is 1.58. The molecule has 0 saturated heterocycles. The number of fused-ring (bicyclic) bond motifs is 4. The average Bonchev–Trinajstić information content (AvgIpc) is 2.98. The van der Waals surface area contributed by atoms with Crippen LogP contribution in [0.1, 0.15) is 1.43 Å². The Morgan fingerprint density at radius 2 is 1.39 bits per heavy atom. The van der Waals surface area contributed by atoms with E-state index in [1.165, 1.54) is 58.1 Å². The van der Waals surface area contributed by atoms with Crippen LogP contribution in [-0.4, -0.2) is 82.0 Å². The molecule has 3 N–H and O–H groups in total. The van der Waals surface area contributed by atoms with Crippen LogP contribution in [0.5, 0.6) is 0 Å². The number of quaternary nitrogens is 1. The van der Waals surface area contributed by atoms with Crippen LogP contribution in [-0.2, 0) is 0 Å². The van der Waals surface area contributed by atoms with Gasteiger partial charge in [0.25, 0.3) is 0 Å². The average molecular weight is 638 g/mol. The van der Waals surface area contributed by atoms with Crippen molar-refractivity contribution in [2.75, 3.05) is 78.6 Å². The molecule has 0 unspecified atom stereocenters. The molecule has 0 spiro atoms. The van der Waals surface area contributed by atoms with Crippen molar-refractivity contribution in [1.82, 2.24) is 9.56 Å². The van der Waals surface area contributed by atoms with Crippen molar-refractivity contribution in [3.05, 3.63) is 78.2 Å². The topological polar surface area (TPSA) is 59.1 Å². The second-order valence-electron chi connectivity index (χ2n) is 10.8. The van der Waals surface area contributed by atoms with Crippen molar-refractivity contribution in [3.8, 4) is 10.6 Å². The summed E-state index contributed by atoms with van der Waals surface area (Å²) in [7, 11) is 17.7. The molecule has 7 nitrogen and oxygen atoms in total. The minimum Gasteiger partial charge on any atom is -1.00 e. The van der Waals surface area contributed by atoms with Crippen molar-refractivity contribution >= 4 is 70.2 Å². The van der Waals surface area contributed by atoms with Crippen molar-refractivity contribution in [2.24, 2.45) is 0 Å². The van der Waals surface area contributed by atoms with Crippen LogP contribution in [0.25, 0.3) is 20.8 Å². The number of rotatable bonds is 3. The summed E-state index contributed by atoms with van der Waals surface area (Å²) in [6.07, 6.45) is 0. The van der Waals surface area contributed by atoms with E-state index in [1.807, 2.05) is 11.8 Å². The minimum absolute atomic E-state index is 0. The second kappa shape index (κ2) is 16.7. The fraction of sp³-hybridized carbons (Fsp3) is 0.273. The Morgan fingerprint density at radius 3 is 2.00 bits per heavy atom. The molecule has 0 atom stereocenters.